The number of hydrogen-bond donors (Lipinski definition) is 0. The molecule has 0 aliphatic rings. The van der Waals surface area contributed by atoms with Crippen LogP contribution in [0, 0.1) is 13.8 Å². The van der Waals surface area contributed by atoms with Gasteiger partial charge in [-0.05, 0) is 47.0 Å². The molecule has 0 bridgehead atoms. The molecule has 6 heteroatoms. The maximum atomic E-state index is 13.1. The largest absolute Gasteiger partial charge is 0.493 e. The topological polar surface area (TPSA) is 57.7 Å². The molecule has 1 aromatic heterocycles. The van der Waals surface area contributed by atoms with Crippen LogP contribution in [0.2, 0.25) is 0 Å². The highest BCUT2D eigenvalue weighted by Gasteiger charge is 2.26. The van der Waals surface area contributed by atoms with E-state index in [2.05, 4.69) is 20.9 Å². The second-order valence-corrected chi connectivity index (χ2v) is 5.83. The van der Waals surface area contributed by atoms with Gasteiger partial charge in [0.15, 0.2) is 17.3 Å². The molecule has 0 aliphatic carbocycles. The quantitative estimate of drug-likeness (QED) is 0.740. The van der Waals surface area contributed by atoms with Crippen molar-refractivity contribution in [3.05, 3.63) is 45.2 Å². The summed E-state index contributed by atoms with van der Waals surface area (Å²) in [6.45, 7) is 3.68. The van der Waals surface area contributed by atoms with Gasteiger partial charge in [0, 0.05) is 22.4 Å². The molecule has 23 heavy (non-hydrogen) atoms. The maximum Gasteiger partial charge on any atom is 0.204 e. The minimum absolute atomic E-state index is 0.160. The third-order valence-electron chi connectivity index (χ3n) is 3.57. The van der Waals surface area contributed by atoms with Crippen molar-refractivity contribution in [1.82, 2.24) is 4.98 Å². The van der Waals surface area contributed by atoms with E-state index in [-0.39, 0.29) is 5.78 Å². The van der Waals surface area contributed by atoms with E-state index in [1.165, 1.54) is 14.2 Å². The second kappa shape index (κ2) is 7.00. The number of pyridine rings is 1. The van der Waals surface area contributed by atoms with Gasteiger partial charge >= 0.3 is 0 Å². The minimum atomic E-state index is -0.160. The van der Waals surface area contributed by atoms with Gasteiger partial charge in [0.1, 0.15) is 0 Å². The molecule has 0 saturated heterocycles. The Morgan fingerprint density at radius 2 is 1.61 bits per heavy atom. The van der Waals surface area contributed by atoms with Gasteiger partial charge in [-0.15, -0.1) is 0 Å². The third kappa shape index (κ3) is 3.03. The number of ketones is 1. The number of aryl methyl sites for hydroxylation is 2. The summed E-state index contributed by atoms with van der Waals surface area (Å²) < 4.78 is 16.8. The highest BCUT2D eigenvalue weighted by molar-refractivity contribution is 9.10. The molecule has 0 aliphatic heterocycles. The average molecular weight is 380 g/mol. The Morgan fingerprint density at radius 1 is 0.957 bits per heavy atom. The van der Waals surface area contributed by atoms with E-state index in [0.717, 1.165) is 11.1 Å². The zero-order chi connectivity index (χ0) is 17.1. The maximum absolute atomic E-state index is 13.1. The Hall–Kier alpha value is -2.08. The number of carbonyl (C=O) groups is 1. The third-order valence-corrected chi connectivity index (χ3v) is 4.17. The normalized spacial score (nSPS) is 10.3. The number of hydrogen-bond acceptors (Lipinski definition) is 5. The summed E-state index contributed by atoms with van der Waals surface area (Å²) in [5, 5.41) is 0. The Kier molecular flexibility index (Phi) is 5.26. The number of nitrogens with zero attached hydrogens (tertiary/aromatic N) is 1. The highest BCUT2D eigenvalue weighted by atomic mass is 79.9. The fourth-order valence-electron chi connectivity index (χ4n) is 2.51. The molecule has 1 aromatic carbocycles. The van der Waals surface area contributed by atoms with Crippen molar-refractivity contribution in [2.45, 2.75) is 13.8 Å². The van der Waals surface area contributed by atoms with Gasteiger partial charge in [-0.3, -0.25) is 9.78 Å². The van der Waals surface area contributed by atoms with Crippen molar-refractivity contribution in [1.29, 1.82) is 0 Å². The lowest BCUT2D eigenvalue weighted by atomic mass is 9.95. The molecule has 0 unspecified atom stereocenters. The van der Waals surface area contributed by atoms with Gasteiger partial charge in [0.25, 0.3) is 0 Å². The van der Waals surface area contributed by atoms with Crippen molar-refractivity contribution < 1.29 is 19.0 Å². The first-order chi connectivity index (χ1) is 11.0. The van der Waals surface area contributed by atoms with Crippen LogP contribution < -0.4 is 14.2 Å². The Morgan fingerprint density at radius 3 is 2.13 bits per heavy atom. The van der Waals surface area contributed by atoms with Crippen LogP contribution in [0.15, 0.2) is 22.9 Å². The second-order valence-electron chi connectivity index (χ2n) is 4.98. The van der Waals surface area contributed by atoms with Crippen molar-refractivity contribution >= 4 is 21.7 Å². The zero-order valence-corrected chi connectivity index (χ0v) is 15.3. The summed E-state index contributed by atoms with van der Waals surface area (Å²) >= 11 is 3.40. The molecular weight excluding hydrogens is 362 g/mol. The summed E-state index contributed by atoms with van der Waals surface area (Å²) in [5.74, 6) is 1.11. The van der Waals surface area contributed by atoms with Crippen LogP contribution in [0.3, 0.4) is 0 Å². The number of ether oxygens (including phenoxy) is 3. The van der Waals surface area contributed by atoms with Crippen molar-refractivity contribution in [2.75, 3.05) is 21.3 Å². The van der Waals surface area contributed by atoms with Gasteiger partial charge in [0.05, 0.1) is 26.9 Å². The summed E-state index contributed by atoms with van der Waals surface area (Å²) in [5.41, 5.74) is 2.52. The van der Waals surface area contributed by atoms with Gasteiger partial charge in [-0.25, -0.2) is 0 Å². The molecule has 0 fully saturated rings. The number of halogens is 1. The molecule has 0 radical (unpaired) electrons. The molecule has 2 aromatic rings. The van der Waals surface area contributed by atoms with Crippen LogP contribution in [0.25, 0.3) is 0 Å². The van der Waals surface area contributed by atoms with E-state index < -0.39 is 0 Å². The van der Waals surface area contributed by atoms with Crippen LogP contribution in [-0.4, -0.2) is 32.1 Å². The standard InChI is InChI=1S/C17H18BrNO4/c1-9-6-12(21-3)16(22-4)17(23-5)14(9)15(20)13-10(2)7-19-8-11(13)18/h6-8H,1-5H3. The summed E-state index contributed by atoms with van der Waals surface area (Å²) in [6, 6.07) is 1.76. The molecular formula is C17H18BrNO4. The van der Waals surface area contributed by atoms with Crippen LogP contribution in [0.4, 0.5) is 0 Å². The van der Waals surface area contributed by atoms with Crippen LogP contribution in [0.5, 0.6) is 17.2 Å². The minimum Gasteiger partial charge on any atom is -0.493 e. The zero-order valence-electron chi connectivity index (χ0n) is 13.7. The summed E-state index contributed by atoms with van der Waals surface area (Å²) in [4.78, 5) is 17.2. The Labute approximate surface area is 143 Å². The molecule has 0 N–H and O–H groups in total. The van der Waals surface area contributed by atoms with Gasteiger partial charge in [-0.1, -0.05) is 0 Å². The van der Waals surface area contributed by atoms with Gasteiger partial charge in [0.2, 0.25) is 5.75 Å². The smallest absolute Gasteiger partial charge is 0.204 e. The highest BCUT2D eigenvalue weighted by Crippen LogP contribution is 2.43. The predicted molar refractivity (Wildman–Crippen MR) is 90.9 cm³/mol. The predicted octanol–water partition coefficient (Wildman–Crippen LogP) is 3.72. The molecule has 0 saturated carbocycles. The molecule has 2 rings (SSSR count). The number of rotatable bonds is 5. The van der Waals surface area contributed by atoms with E-state index in [0.29, 0.717) is 32.8 Å². The van der Waals surface area contributed by atoms with Crippen molar-refractivity contribution in [3.63, 3.8) is 0 Å². The molecule has 0 spiro atoms. The molecule has 122 valence electrons. The summed E-state index contributed by atoms with van der Waals surface area (Å²) in [6.07, 6.45) is 3.25. The monoisotopic (exact) mass is 379 g/mol. The van der Waals surface area contributed by atoms with Crippen LogP contribution >= 0.6 is 15.9 Å². The number of methoxy groups -OCH3 is 3. The summed E-state index contributed by atoms with van der Waals surface area (Å²) in [7, 11) is 4.56. The molecule has 0 atom stereocenters. The Balaban J connectivity index is 2.75. The lowest BCUT2D eigenvalue weighted by Gasteiger charge is -2.18. The number of aromatic nitrogens is 1. The van der Waals surface area contributed by atoms with Gasteiger partial charge in [-0.2, -0.15) is 0 Å². The van der Waals surface area contributed by atoms with Crippen LogP contribution in [-0.2, 0) is 0 Å². The number of carbonyl (C=O) groups excluding carboxylic acids is 1. The van der Waals surface area contributed by atoms with E-state index >= 15 is 0 Å². The number of benzene rings is 1. The first-order valence-electron chi connectivity index (χ1n) is 6.90. The lowest BCUT2D eigenvalue weighted by Crippen LogP contribution is -2.11. The van der Waals surface area contributed by atoms with Crippen LogP contribution in [0.1, 0.15) is 27.0 Å². The molecule has 5 nitrogen and oxygen atoms in total. The SMILES string of the molecule is COc1cc(C)c(C(=O)c2c(C)cncc2Br)c(OC)c1OC. The van der Waals surface area contributed by atoms with Gasteiger partial charge < -0.3 is 14.2 Å². The molecule has 0 amide bonds. The van der Waals surface area contributed by atoms with E-state index in [1.807, 2.05) is 13.8 Å². The Bertz CT molecular complexity index is 738. The fraction of sp³-hybridized carbons (Fsp3) is 0.294. The van der Waals surface area contributed by atoms with E-state index in [4.69, 9.17) is 14.2 Å². The first kappa shape index (κ1) is 17.3. The fourth-order valence-corrected chi connectivity index (χ4v) is 3.12. The van der Waals surface area contributed by atoms with E-state index in [9.17, 15) is 4.79 Å². The lowest BCUT2D eigenvalue weighted by molar-refractivity contribution is 0.103. The van der Waals surface area contributed by atoms with Crippen molar-refractivity contribution in [2.24, 2.45) is 0 Å². The average Bonchev–Trinajstić information content (AvgIpc) is 2.53. The first-order valence-corrected chi connectivity index (χ1v) is 7.69. The van der Waals surface area contributed by atoms with E-state index in [1.54, 1.807) is 25.6 Å². The van der Waals surface area contributed by atoms with Crippen molar-refractivity contribution in [3.8, 4) is 17.2 Å². The molecule has 1 heterocycles.